The zero-order chi connectivity index (χ0) is 22.3. The minimum Gasteiger partial charge on any atom is -0.506 e. The van der Waals surface area contributed by atoms with Crippen molar-refractivity contribution in [2.75, 3.05) is 14.2 Å². The number of hydrogen-bond acceptors (Lipinski definition) is 7. The average Bonchev–Trinajstić information content (AvgIpc) is 3.20. The highest BCUT2D eigenvalue weighted by Crippen LogP contribution is 2.34. The molecule has 0 amide bonds. The third-order valence-electron chi connectivity index (χ3n) is 5.66. The molecule has 3 aromatic rings. The van der Waals surface area contributed by atoms with Gasteiger partial charge in [-0.1, -0.05) is 18.2 Å². The number of H-pyrrole nitrogens is 1. The molecule has 1 aromatic carbocycles. The summed E-state index contributed by atoms with van der Waals surface area (Å²) in [5.74, 6) is -3.32. The number of rotatable bonds is 5. The van der Waals surface area contributed by atoms with Crippen molar-refractivity contribution in [3.05, 3.63) is 73.4 Å². The molecule has 160 valence electrons. The molecule has 2 N–H and O–H groups in total. The fourth-order valence-corrected chi connectivity index (χ4v) is 4.18. The number of carbonyl (C=O) groups excluding carboxylic acids is 2. The van der Waals surface area contributed by atoms with Gasteiger partial charge in [0.05, 0.1) is 31.7 Å². The molecule has 1 unspecified atom stereocenters. The van der Waals surface area contributed by atoms with E-state index in [1.165, 1.54) is 7.11 Å². The Morgan fingerprint density at radius 2 is 2.00 bits per heavy atom. The van der Waals surface area contributed by atoms with Gasteiger partial charge in [-0.15, -0.1) is 0 Å². The maximum absolute atomic E-state index is 13.4. The Kier molecular flexibility index (Phi) is 5.10. The molecule has 0 aliphatic carbocycles. The van der Waals surface area contributed by atoms with E-state index in [9.17, 15) is 24.3 Å². The van der Waals surface area contributed by atoms with Crippen molar-refractivity contribution >= 4 is 22.8 Å². The highest BCUT2D eigenvalue weighted by molar-refractivity contribution is 5.92. The molecule has 3 heterocycles. The van der Waals surface area contributed by atoms with Crippen LogP contribution < -0.4 is 11.1 Å². The van der Waals surface area contributed by atoms with Gasteiger partial charge in [0.1, 0.15) is 11.3 Å². The van der Waals surface area contributed by atoms with E-state index in [1.54, 1.807) is 10.6 Å². The number of nitrogens with one attached hydrogen (secondary N) is 1. The van der Waals surface area contributed by atoms with Gasteiger partial charge in [-0.2, -0.15) is 0 Å². The third kappa shape index (κ3) is 3.27. The van der Waals surface area contributed by atoms with Gasteiger partial charge in [0.15, 0.2) is 0 Å². The first-order valence-corrected chi connectivity index (χ1v) is 9.62. The summed E-state index contributed by atoms with van der Waals surface area (Å²) in [5.41, 5.74) is 0.363. The molecule has 0 fully saturated rings. The monoisotopic (exact) mass is 424 g/mol. The van der Waals surface area contributed by atoms with Crippen LogP contribution in [0.3, 0.4) is 0 Å². The summed E-state index contributed by atoms with van der Waals surface area (Å²) in [6.07, 6.45) is 1.35. The molecule has 0 spiro atoms. The Labute approximate surface area is 175 Å². The zero-order valence-electron chi connectivity index (χ0n) is 16.9. The molecule has 4 rings (SSSR count). The molecular formula is C22H20N2O7. The molecule has 1 aliphatic rings. The molecular weight excluding hydrogens is 404 g/mol. The molecule has 0 saturated carbocycles. The number of pyridine rings is 2. The van der Waals surface area contributed by atoms with E-state index in [-0.39, 0.29) is 28.7 Å². The average molecular weight is 424 g/mol. The lowest BCUT2D eigenvalue weighted by Crippen LogP contribution is -2.29. The molecule has 0 radical (unpaired) electrons. The summed E-state index contributed by atoms with van der Waals surface area (Å²) in [4.78, 5) is 52.6. The Hall–Kier alpha value is -3.88. The number of esters is 2. The highest BCUT2D eigenvalue weighted by atomic mass is 16.5. The smallest absolute Gasteiger partial charge is 0.343 e. The van der Waals surface area contributed by atoms with Gasteiger partial charge in [-0.25, -0.2) is 4.79 Å². The molecule has 31 heavy (non-hydrogen) atoms. The van der Waals surface area contributed by atoms with Gasteiger partial charge in [0.2, 0.25) is 0 Å². The Balaban J connectivity index is 2.01. The van der Waals surface area contributed by atoms with Crippen LogP contribution in [0.15, 0.2) is 40.1 Å². The predicted octanol–water partition coefficient (Wildman–Crippen LogP) is 1.43. The van der Waals surface area contributed by atoms with E-state index in [2.05, 4.69) is 9.72 Å². The van der Waals surface area contributed by atoms with Crippen molar-refractivity contribution in [3.8, 4) is 5.75 Å². The third-order valence-corrected chi connectivity index (χ3v) is 5.66. The minimum atomic E-state index is -1.13. The normalized spacial score (nSPS) is 13.2. The van der Waals surface area contributed by atoms with E-state index >= 15 is 0 Å². The number of methoxy groups -OCH3 is 2. The zero-order valence-corrected chi connectivity index (χ0v) is 16.9. The lowest BCUT2D eigenvalue weighted by molar-refractivity contribution is -0.140. The number of para-hydroxylation sites is 1. The second-order valence-corrected chi connectivity index (χ2v) is 7.28. The van der Waals surface area contributed by atoms with Crippen molar-refractivity contribution in [1.29, 1.82) is 0 Å². The van der Waals surface area contributed by atoms with Gasteiger partial charge < -0.3 is 24.1 Å². The van der Waals surface area contributed by atoms with Crippen molar-refractivity contribution in [1.82, 2.24) is 9.55 Å². The van der Waals surface area contributed by atoms with Crippen LogP contribution >= 0.6 is 0 Å². The van der Waals surface area contributed by atoms with Crippen LogP contribution in [0.4, 0.5) is 0 Å². The van der Waals surface area contributed by atoms with Gasteiger partial charge in [0, 0.05) is 24.2 Å². The lowest BCUT2D eigenvalue weighted by atomic mass is 9.87. The van der Waals surface area contributed by atoms with Crippen molar-refractivity contribution in [2.24, 2.45) is 0 Å². The van der Waals surface area contributed by atoms with Crippen LogP contribution in [0, 0.1) is 0 Å². The number of aromatic hydroxyl groups is 1. The number of benzene rings is 1. The topological polar surface area (TPSA) is 128 Å². The largest absolute Gasteiger partial charge is 0.506 e. The summed E-state index contributed by atoms with van der Waals surface area (Å²) in [6.45, 7) is 0.470. The van der Waals surface area contributed by atoms with Gasteiger partial charge in [-0.3, -0.25) is 14.4 Å². The highest BCUT2D eigenvalue weighted by Gasteiger charge is 2.31. The first kappa shape index (κ1) is 20.4. The first-order valence-electron chi connectivity index (χ1n) is 9.62. The predicted molar refractivity (Wildman–Crippen MR) is 110 cm³/mol. The fraction of sp³-hybridized carbons (Fsp3) is 0.273. The fourth-order valence-electron chi connectivity index (χ4n) is 4.18. The molecule has 9 nitrogen and oxygen atoms in total. The van der Waals surface area contributed by atoms with Crippen LogP contribution in [0.25, 0.3) is 10.9 Å². The SMILES string of the molecule is COC(=O)CC(c1c(O)c(C(=O)OC)c[nH]c1=O)c1cc2cccc3c2n(c1=O)CC3. The molecule has 1 atom stereocenters. The molecule has 0 bridgehead atoms. The number of nitrogens with zero attached hydrogens (tertiary/aromatic N) is 1. The number of ether oxygens (including phenoxy) is 2. The van der Waals surface area contributed by atoms with E-state index in [4.69, 9.17) is 4.74 Å². The van der Waals surface area contributed by atoms with E-state index in [0.717, 1.165) is 29.8 Å². The number of aromatic nitrogens is 2. The summed E-state index contributed by atoms with van der Waals surface area (Å²) < 4.78 is 11.0. The first-order chi connectivity index (χ1) is 14.9. The maximum atomic E-state index is 13.4. The number of carbonyl (C=O) groups is 2. The second-order valence-electron chi connectivity index (χ2n) is 7.28. The summed E-state index contributed by atoms with van der Waals surface area (Å²) >= 11 is 0. The number of aromatic amines is 1. The minimum absolute atomic E-state index is 0.153. The summed E-state index contributed by atoms with van der Waals surface area (Å²) in [5, 5.41) is 11.5. The second kappa shape index (κ2) is 7.75. The van der Waals surface area contributed by atoms with Crippen LogP contribution in [0.5, 0.6) is 5.75 Å². The lowest BCUT2D eigenvalue weighted by Gasteiger charge is -2.19. The number of aryl methyl sites for hydroxylation is 2. The van der Waals surface area contributed by atoms with Crippen LogP contribution in [0.2, 0.25) is 0 Å². The van der Waals surface area contributed by atoms with Gasteiger partial charge >= 0.3 is 11.9 Å². The van der Waals surface area contributed by atoms with Crippen LogP contribution in [0.1, 0.15) is 39.4 Å². The van der Waals surface area contributed by atoms with E-state index in [0.29, 0.717) is 13.0 Å². The Bertz CT molecular complexity index is 1340. The molecule has 9 heteroatoms. The van der Waals surface area contributed by atoms with E-state index < -0.39 is 29.2 Å². The standard InChI is InChI=1S/C22H20N2O7/c1-30-16(25)9-13(17-19(26)15(22(29)31-2)10-23-20(17)27)14-8-12-5-3-4-11-6-7-24(18(11)12)21(14)28/h3-5,8,10,13H,6-7,9H2,1-2H3,(H2,23,26,27). The summed E-state index contributed by atoms with van der Waals surface area (Å²) in [7, 11) is 2.32. The molecule has 0 saturated heterocycles. The molecule has 2 aromatic heterocycles. The Morgan fingerprint density at radius 3 is 2.71 bits per heavy atom. The van der Waals surface area contributed by atoms with Crippen molar-refractivity contribution < 1.29 is 24.2 Å². The van der Waals surface area contributed by atoms with E-state index in [1.807, 2.05) is 18.2 Å². The van der Waals surface area contributed by atoms with Crippen molar-refractivity contribution in [2.45, 2.75) is 25.3 Å². The Morgan fingerprint density at radius 1 is 1.23 bits per heavy atom. The quantitative estimate of drug-likeness (QED) is 0.593. The van der Waals surface area contributed by atoms with Crippen molar-refractivity contribution in [3.63, 3.8) is 0 Å². The van der Waals surface area contributed by atoms with Gasteiger partial charge in [0.25, 0.3) is 11.1 Å². The number of hydrogen-bond donors (Lipinski definition) is 2. The summed E-state index contributed by atoms with van der Waals surface area (Å²) in [6, 6.07) is 7.29. The van der Waals surface area contributed by atoms with Crippen LogP contribution in [-0.2, 0) is 27.2 Å². The molecule has 1 aliphatic heterocycles. The maximum Gasteiger partial charge on any atom is 0.343 e. The van der Waals surface area contributed by atoms with Gasteiger partial charge in [-0.05, 0) is 23.4 Å². The van der Waals surface area contributed by atoms with Crippen LogP contribution in [-0.4, -0.2) is 40.8 Å².